The second-order valence-electron chi connectivity index (χ2n) is 5.53. The number of hydrogen-bond acceptors (Lipinski definition) is 4. The fourth-order valence-corrected chi connectivity index (χ4v) is 3.25. The van der Waals surface area contributed by atoms with Crippen LogP contribution in [0.5, 0.6) is 0 Å². The Morgan fingerprint density at radius 2 is 2.25 bits per heavy atom. The quantitative estimate of drug-likeness (QED) is 0.660. The molecule has 0 saturated heterocycles. The molecule has 1 aliphatic carbocycles. The zero-order chi connectivity index (χ0) is 14.8. The molecule has 110 valence electrons. The van der Waals surface area contributed by atoms with Gasteiger partial charge < -0.3 is 10.8 Å². The third-order valence-electron chi connectivity index (χ3n) is 4.30. The Bertz CT molecular complexity index is 509. The summed E-state index contributed by atoms with van der Waals surface area (Å²) in [5.41, 5.74) is 5.99. The molecule has 2 atom stereocenters. The van der Waals surface area contributed by atoms with Gasteiger partial charge in [-0.25, -0.2) is 0 Å². The number of hydrogen-bond donors (Lipinski definition) is 2. The van der Waals surface area contributed by atoms with Crippen LogP contribution >= 0.6 is 11.6 Å². The third-order valence-corrected chi connectivity index (χ3v) is 4.53. The lowest BCUT2D eigenvalue weighted by Gasteiger charge is -2.40. The number of nitrogens with two attached hydrogens (primary N) is 1. The number of nitro benzene ring substituents is 1. The zero-order valence-corrected chi connectivity index (χ0v) is 12.0. The molecule has 20 heavy (non-hydrogen) atoms. The maximum Gasteiger partial charge on any atom is 0.272 e. The first-order valence-corrected chi connectivity index (χ1v) is 7.17. The number of nitrogens with zero attached hydrogens (tertiary/aromatic N) is 1. The first kappa shape index (κ1) is 15.2. The van der Waals surface area contributed by atoms with Crippen LogP contribution in [-0.4, -0.2) is 22.7 Å². The molecule has 0 amide bonds. The average molecular weight is 299 g/mol. The predicted octanol–water partition coefficient (Wildman–Crippen LogP) is 2.67. The van der Waals surface area contributed by atoms with E-state index in [1.807, 2.05) is 0 Å². The van der Waals surface area contributed by atoms with E-state index in [4.69, 9.17) is 17.3 Å². The van der Waals surface area contributed by atoms with E-state index in [-0.39, 0.29) is 5.69 Å². The SMILES string of the molecule is NCC1(Cc2cc(Cl)ccc2[N+](=O)[O-])CCCCC1O. The minimum atomic E-state index is -0.514. The van der Waals surface area contributed by atoms with Crippen molar-refractivity contribution in [3.63, 3.8) is 0 Å². The summed E-state index contributed by atoms with van der Waals surface area (Å²) in [5.74, 6) is 0. The van der Waals surface area contributed by atoms with Crippen molar-refractivity contribution in [3.05, 3.63) is 38.9 Å². The van der Waals surface area contributed by atoms with Crippen LogP contribution in [0.15, 0.2) is 18.2 Å². The Balaban J connectivity index is 2.36. The zero-order valence-electron chi connectivity index (χ0n) is 11.2. The van der Waals surface area contributed by atoms with Crippen LogP contribution in [0.1, 0.15) is 31.2 Å². The highest BCUT2D eigenvalue weighted by molar-refractivity contribution is 6.30. The van der Waals surface area contributed by atoms with E-state index < -0.39 is 16.4 Å². The summed E-state index contributed by atoms with van der Waals surface area (Å²) in [6.45, 7) is 0.317. The summed E-state index contributed by atoms with van der Waals surface area (Å²) in [7, 11) is 0. The van der Waals surface area contributed by atoms with E-state index in [1.165, 1.54) is 12.1 Å². The molecular formula is C14H19ClN2O3. The number of nitro groups is 1. The van der Waals surface area contributed by atoms with E-state index in [1.54, 1.807) is 6.07 Å². The molecule has 0 heterocycles. The third kappa shape index (κ3) is 2.95. The summed E-state index contributed by atoms with van der Waals surface area (Å²) in [6, 6.07) is 4.53. The molecule has 5 nitrogen and oxygen atoms in total. The van der Waals surface area contributed by atoms with Gasteiger partial charge in [0.25, 0.3) is 5.69 Å². The van der Waals surface area contributed by atoms with Crippen molar-refractivity contribution in [3.8, 4) is 0 Å². The van der Waals surface area contributed by atoms with Crippen LogP contribution in [0.4, 0.5) is 5.69 Å². The number of rotatable bonds is 4. The molecule has 1 aliphatic rings. The minimum Gasteiger partial charge on any atom is -0.392 e. The molecule has 3 N–H and O–H groups in total. The molecule has 0 bridgehead atoms. The van der Waals surface area contributed by atoms with Gasteiger partial charge in [0, 0.05) is 28.6 Å². The van der Waals surface area contributed by atoms with Crippen LogP contribution in [0.2, 0.25) is 5.02 Å². The fourth-order valence-electron chi connectivity index (χ4n) is 3.06. The lowest BCUT2D eigenvalue weighted by molar-refractivity contribution is -0.385. The van der Waals surface area contributed by atoms with Crippen molar-refractivity contribution >= 4 is 17.3 Å². The fraction of sp³-hybridized carbons (Fsp3) is 0.571. The smallest absolute Gasteiger partial charge is 0.272 e. The van der Waals surface area contributed by atoms with Gasteiger partial charge in [0.05, 0.1) is 11.0 Å². The van der Waals surface area contributed by atoms with Crippen molar-refractivity contribution in [2.24, 2.45) is 11.1 Å². The number of aliphatic hydroxyl groups is 1. The molecule has 1 aromatic rings. The normalized spacial score (nSPS) is 26.4. The average Bonchev–Trinajstić information content (AvgIpc) is 2.41. The van der Waals surface area contributed by atoms with Gasteiger partial charge in [0.15, 0.2) is 0 Å². The van der Waals surface area contributed by atoms with Crippen molar-refractivity contribution in [1.82, 2.24) is 0 Å². The van der Waals surface area contributed by atoms with E-state index in [2.05, 4.69) is 0 Å². The lowest BCUT2D eigenvalue weighted by atomic mass is 9.68. The number of halogens is 1. The van der Waals surface area contributed by atoms with Crippen LogP contribution in [0.3, 0.4) is 0 Å². The first-order chi connectivity index (χ1) is 9.48. The Labute approximate surface area is 122 Å². The summed E-state index contributed by atoms with van der Waals surface area (Å²) in [6.07, 6.45) is 3.32. The minimum absolute atomic E-state index is 0.0417. The maximum atomic E-state index is 11.1. The molecule has 1 fully saturated rings. The monoisotopic (exact) mass is 298 g/mol. The van der Waals surface area contributed by atoms with Gasteiger partial charge in [-0.15, -0.1) is 0 Å². The maximum absolute atomic E-state index is 11.1. The van der Waals surface area contributed by atoms with E-state index in [0.29, 0.717) is 30.0 Å². The van der Waals surface area contributed by atoms with Crippen LogP contribution < -0.4 is 5.73 Å². The second-order valence-corrected chi connectivity index (χ2v) is 5.97. The highest BCUT2D eigenvalue weighted by Crippen LogP contribution is 2.40. The molecule has 1 aromatic carbocycles. The molecule has 2 rings (SSSR count). The Morgan fingerprint density at radius 1 is 1.50 bits per heavy atom. The van der Waals surface area contributed by atoms with Gasteiger partial charge in [0.2, 0.25) is 0 Å². The second kappa shape index (κ2) is 6.08. The van der Waals surface area contributed by atoms with Gasteiger partial charge in [-0.1, -0.05) is 24.4 Å². The van der Waals surface area contributed by atoms with Gasteiger partial charge >= 0.3 is 0 Å². The van der Waals surface area contributed by atoms with Crippen molar-refractivity contribution in [2.45, 2.75) is 38.2 Å². The molecule has 6 heteroatoms. The van der Waals surface area contributed by atoms with E-state index in [0.717, 1.165) is 19.3 Å². The highest BCUT2D eigenvalue weighted by Gasteiger charge is 2.40. The number of aliphatic hydroxyl groups excluding tert-OH is 1. The predicted molar refractivity (Wildman–Crippen MR) is 77.8 cm³/mol. The molecule has 0 spiro atoms. The van der Waals surface area contributed by atoms with Crippen molar-refractivity contribution < 1.29 is 10.0 Å². The van der Waals surface area contributed by atoms with Crippen LogP contribution in [0, 0.1) is 15.5 Å². The Kier molecular flexibility index (Phi) is 4.62. The number of benzene rings is 1. The molecular weight excluding hydrogens is 280 g/mol. The standard InChI is InChI=1S/C14H19ClN2O3/c15-11-4-5-12(17(19)20)10(7-11)8-14(9-16)6-2-1-3-13(14)18/h4-5,7,13,18H,1-3,6,8-9,16H2. The molecule has 0 radical (unpaired) electrons. The molecule has 0 aliphatic heterocycles. The van der Waals surface area contributed by atoms with Crippen molar-refractivity contribution in [2.75, 3.05) is 6.54 Å². The van der Waals surface area contributed by atoms with E-state index >= 15 is 0 Å². The molecule has 0 aromatic heterocycles. The molecule has 1 saturated carbocycles. The van der Waals surface area contributed by atoms with Gasteiger partial charge in [-0.3, -0.25) is 10.1 Å². The van der Waals surface area contributed by atoms with Crippen molar-refractivity contribution in [1.29, 1.82) is 0 Å². The first-order valence-electron chi connectivity index (χ1n) is 6.79. The van der Waals surface area contributed by atoms with Crippen LogP contribution in [0.25, 0.3) is 0 Å². The topological polar surface area (TPSA) is 89.4 Å². The lowest BCUT2D eigenvalue weighted by Crippen LogP contribution is -2.45. The van der Waals surface area contributed by atoms with E-state index in [9.17, 15) is 15.2 Å². The summed E-state index contributed by atoms with van der Waals surface area (Å²) in [4.78, 5) is 10.7. The largest absolute Gasteiger partial charge is 0.392 e. The highest BCUT2D eigenvalue weighted by atomic mass is 35.5. The summed E-state index contributed by atoms with van der Waals surface area (Å²) < 4.78 is 0. The van der Waals surface area contributed by atoms with Gasteiger partial charge in [-0.05, 0) is 31.4 Å². The summed E-state index contributed by atoms with van der Waals surface area (Å²) in [5, 5.41) is 21.9. The Morgan fingerprint density at radius 3 is 2.85 bits per heavy atom. The Hall–Kier alpha value is -1.17. The van der Waals surface area contributed by atoms with Gasteiger partial charge in [-0.2, -0.15) is 0 Å². The van der Waals surface area contributed by atoms with Crippen LogP contribution in [-0.2, 0) is 6.42 Å². The van der Waals surface area contributed by atoms with Gasteiger partial charge in [0.1, 0.15) is 0 Å². The summed E-state index contributed by atoms with van der Waals surface area (Å²) >= 11 is 5.95. The molecule has 2 unspecified atom stereocenters.